The summed E-state index contributed by atoms with van der Waals surface area (Å²) in [5, 5.41) is 0. The number of thiocarbonyl (C=S) groups is 1. The van der Waals surface area contributed by atoms with Crippen LogP contribution in [0, 0.1) is 10.5 Å². The molecule has 18 heavy (non-hydrogen) atoms. The summed E-state index contributed by atoms with van der Waals surface area (Å²) in [5.74, 6) is 0.0434. The Hall–Kier alpha value is -0.690. The normalized spacial score (nSPS) is 10.2. The molecule has 0 radical (unpaired) electrons. The molecule has 0 saturated heterocycles. The summed E-state index contributed by atoms with van der Waals surface area (Å²) < 4.78 is 1.01. The SMILES string of the molecule is CCN(CCC(N)=S)C(=O)c1cccc(C)c1I. The Morgan fingerprint density at radius 1 is 1.50 bits per heavy atom. The number of carbonyl (C=O) groups excluding carboxylic acids is 1. The molecule has 0 atom stereocenters. The van der Waals surface area contributed by atoms with Gasteiger partial charge in [-0.25, -0.2) is 0 Å². The number of nitrogens with zero attached hydrogens (tertiary/aromatic N) is 1. The molecule has 0 saturated carbocycles. The van der Waals surface area contributed by atoms with Crippen LogP contribution in [0.15, 0.2) is 18.2 Å². The van der Waals surface area contributed by atoms with Crippen molar-refractivity contribution >= 4 is 45.7 Å². The summed E-state index contributed by atoms with van der Waals surface area (Å²) in [6.45, 7) is 5.20. The molecule has 2 N–H and O–H groups in total. The molecule has 1 aromatic carbocycles. The summed E-state index contributed by atoms with van der Waals surface area (Å²) >= 11 is 7.06. The van der Waals surface area contributed by atoms with Crippen molar-refractivity contribution in [1.82, 2.24) is 4.90 Å². The Morgan fingerprint density at radius 3 is 2.72 bits per heavy atom. The van der Waals surface area contributed by atoms with Crippen LogP contribution in [-0.4, -0.2) is 28.9 Å². The number of aryl methyl sites for hydroxylation is 1. The van der Waals surface area contributed by atoms with Crippen molar-refractivity contribution in [2.45, 2.75) is 20.3 Å². The summed E-state index contributed by atoms with van der Waals surface area (Å²) in [7, 11) is 0. The number of halogens is 1. The third-order valence-corrected chi connectivity index (χ3v) is 4.36. The van der Waals surface area contributed by atoms with Gasteiger partial charge >= 0.3 is 0 Å². The summed E-state index contributed by atoms with van der Waals surface area (Å²) in [6, 6.07) is 5.77. The van der Waals surface area contributed by atoms with E-state index < -0.39 is 0 Å². The number of rotatable bonds is 5. The Kier molecular flexibility index (Phi) is 6.01. The predicted octanol–water partition coefficient (Wildman–Crippen LogP) is 2.74. The van der Waals surface area contributed by atoms with Crippen molar-refractivity contribution in [2.24, 2.45) is 5.73 Å². The topological polar surface area (TPSA) is 46.3 Å². The van der Waals surface area contributed by atoms with Gasteiger partial charge in [-0.15, -0.1) is 0 Å². The number of hydrogen-bond donors (Lipinski definition) is 1. The van der Waals surface area contributed by atoms with E-state index in [4.69, 9.17) is 18.0 Å². The molecule has 0 aliphatic heterocycles. The van der Waals surface area contributed by atoms with Crippen LogP contribution in [0.1, 0.15) is 29.3 Å². The Bertz CT molecular complexity index is 462. The van der Waals surface area contributed by atoms with Crippen LogP contribution in [0.5, 0.6) is 0 Å². The molecule has 0 spiro atoms. The van der Waals surface area contributed by atoms with Gasteiger partial charge in [0, 0.05) is 23.1 Å². The lowest BCUT2D eigenvalue weighted by Gasteiger charge is -2.21. The molecule has 0 aliphatic rings. The maximum Gasteiger partial charge on any atom is 0.254 e. The van der Waals surface area contributed by atoms with E-state index in [9.17, 15) is 4.79 Å². The first-order chi connectivity index (χ1) is 8.47. The largest absolute Gasteiger partial charge is 0.393 e. The van der Waals surface area contributed by atoms with Gasteiger partial charge in [0.1, 0.15) is 0 Å². The fourth-order valence-electron chi connectivity index (χ4n) is 1.63. The zero-order valence-electron chi connectivity index (χ0n) is 10.6. The van der Waals surface area contributed by atoms with Crippen LogP contribution in [0.4, 0.5) is 0 Å². The highest BCUT2D eigenvalue weighted by atomic mass is 127. The number of carbonyl (C=O) groups is 1. The fraction of sp³-hybridized carbons (Fsp3) is 0.385. The third kappa shape index (κ3) is 3.91. The van der Waals surface area contributed by atoms with Gasteiger partial charge in [0.25, 0.3) is 5.91 Å². The summed E-state index contributed by atoms with van der Waals surface area (Å²) in [6.07, 6.45) is 0.567. The van der Waals surface area contributed by atoms with E-state index in [2.05, 4.69) is 22.6 Å². The van der Waals surface area contributed by atoms with Crippen LogP contribution in [0.25, 0.3) is 0 Å². The Morgan fingerprint density at radius 2 is 2.17 bits per heavy atom. The van der Waals surface area contributed by atoms with Crippen molar-refractivity contribution in [3.8, 4) is 0 Å². The van der Waals surface area contributed by atoms with Crippen molar-refractivity contribution < 1.29 is 4.79 Å². The molecule has 1 amide bonds. The molecular weight excluding hydrogens is 359 g/mol. The van der Waals surface area contributed by atoms with E-state index in [0.717, 1.165) is 14.7 Å². The van der Waals surface area contributed by atoms with E-state index in [-0.39, 0.29) is 5.91 Å². The molecule has 0 aliphatic carbocycles. The lowest BCUT2D eigenvalue weighted by atomic mass is 10.1. The average molecular weight is 376 g/mol. The maximum absolute atomic E-state index is 12.4. The van der Waals surface area contributed by atoms with Gasteiger partial charge in [0.05, 0.1) is 10.6 Å². The molecule has 5 heteroatoms. The lowest BCUT2D eigenvalue weighted by Crippen LogP contribution is -2.34. The van der Waals surface area contributed by atoms with Crippen molar-refractivity contribution in [3.63, 3.8) is 0 Å². The second-order valence-corrected chi connectivity index (χ2v) is 5.64. The molecule has 0 fully saturated rings. The number of benzene rings is 1. The van der Waals surface area contributed by atoms with Crippen LogP contribution < -0.4 is 5.73 Å². The van der Waals surface area contributed by atoms with Gasteiger partial charge in [-0.05, 0) is 48.1 Å². The van der Waals surface area contributed by atoms with Gasteiger partial charge < -0.3 is 10.6 Å². The van der Waals surface area contributed by atoms with Crippen molar-refractivity contribution in [1.29, 1.82) is 0 Å². The first kappa shape index (κ1) is 15.4. The Balaban J connectivity index is 2.89. The molecule has 0 unspecified atom stereocenters. The second-order valence-electron chi connectivity index (χ2n) is 4.04. The highest BCUT2D eigenvalue weighted by Gasteiger charge is 2.17. The minimum Gasteiger partial charge on any atom is -0.393 e. The first-order valence-corrected chi connectivity index (χ1v) is 7.28. The lowest BCUT2D eigenvalue weighted by molar-refractivity contribution is 0.0767. The molecule has 98 valence electrons. The van der Waals surface area contributed by atoms with Crippen LogP contribution >= 0.6 is 34.8 Å². The maximum atomic E-state index is 12.4. The van der Waals surface area contributed by atoms with E-state index in [1.807, 2.05) is 32.0 Å². The minimum absolute atomic E-state index is 0.0434. The van der Waals surface area contributed by atoms with Crippen LogP contribution in [-0.2, 0) is 0 Å². The molecule has 3 nitrogen and oxygen atoms in total. The van der Waals surface area contributed by atoms with Crippen LogP contribution in [0.2, 0.25) is 0 Å². The van der Waals surface area contributed by atoms with Gasteiger partial charge in [-0.1, -0.05) is 24.4 Å². The van der Waals surface area contributed by atoms with Crippen LogP contribution in [0.3, 0.4) is 0 Å². The molecule has 0 aromatic heterocycles. The number of nitrogens with two attached hydrogens (primary N) is 1. The Labute approximate surface area is 127 Å². The quantitative estimate of drug-likeness (QED) is 0.635. The highest BCUT2D eigenvalue weighted by molar-refractivity contribution is 14.1. The number of amides is 1. The highest BCUT2D eigenvalue weighted by Crippen LogP contribution is 2.18. The standard InChI is InChI=1S/C13H17IN2OS/c1-3-16(8-7-11(15)18)13(17)10-6-4-5-9(2)12(10)14/h4-6H,3,7-8H2,1-2H3,(H2,15,18). The minimum atomic E-state index is 0.0434. The average Bonchev–Trinajstić information content (AvgIpc) is 2.32. The summed E-state index contributed by atoms with van der Waals surface area (Å²) in [5.41, 5.74) is 7.35. The third-order valence-electron chi connectivity index (χ3n) is 2.72. The van der Waals surface area contributed by atoms with Gasteiger partial charge in [-0.3, -0.25) is 4.79 Å². The van der Waals surface area contributed by atoms with E-state index >= 15 is 0 Å². The predicted molar refractivity (Wildman–Crippen MR) is 86.9 cm³/mol. The molecular formula is C13H17IN2OS. The van der Waals surface area contributed by atoms with E-state index in [1.54, 1.807) is 4.90 Å². The number of hydrogen-bond acceptors (Lipinski definition) is 2. The van der Waals surface area contributed by atoms with Crippen molar-refractivity contribution in [3.05, 3.63) is 32.9 Å². The smallest absolute Gasteiger partial charge is 0.254 e. The van der Waals surface area contributed by atoms with E-state index in [1.165, 1.54) is 0 Å². The zero-order chi connectivity index (χ0) is 13.7. The van der Waals surface area contributed by atoms with Crippen molar-refractivity contribution in [2.75, 3.05) is 13.1 Å². The van der Waals surface area contributed by atoms with E-state index in [0.29, 0.717) is 24.5 Å². The second kappa shape index (κ2) is 7.04. The molecule has 1 rings (SSSR count). The zero-order valence-corrected chi connectivity index (χ0v) is 13.5. The van der Waals surface area contributed by atoms with Gasteiger partial charge in [-0.2, -0.15) is 0 Å². The summed E-state index contributed by atoms with van der Waals surface area (Å²) in [4.78, 5) is 14.6. The van der Waals surface area contributed by atoms with Gasteiger partial charge in [0.15, 0.2) is 0 Å². The fourth-order valence-corrected chi connectivity index (χ4v) is 2.31. The molecule has 0 heterocycles. The first-order valence-electron chi connectivity index (χ1n) is 5.80. The van der Waals surface area contributed by atoms with Gasteiger partial charge in [0.2, 0.25) is 0 Å². The monoisotopic (exact) mass is 376 g/mol. The molecule has 0 bridgehead atoms. The molecule has 1 aromatic rings.